The minimum Gasteiger partial charge on any atom is -0.369 e. The quantitative estimate of drug-likeness (QED) is 0.735. The van der Waals surface area contributed by atoms with Gasteiger partial charge in [0.2, 0.25) is 0 Å². The van der Waals surface area contributed by atoms with Crippen LogP contribution in [0.4, 0.5) is 10.2 Å². The van der Waals surface area contributed by atoms with E-state index in [4.69, 9.17) is 0 Å². The number of hydrogen-bond acceptors (Lipinski definition) is 5. The van der Waals surface area contributed by atoms with E-state index in [-0.39, 0.29) is 5.82 Å². The van der Waals surface area contributed by atoms with E-state index in [0.717, 1.165) is 41.3 Å². The standard InChI is InChI=1S/C20H22FN5/c1-14-24-19(11-20(25-14)23-8-9-26(2)3)17-10-16(12-22-13-17)15-4-6-18(21)7-5-15/h4-7,10-13H,8-9H2,1-3H3,(H,23,24,25). The van der Waals surface area contributed by atoms with Crippen LogP contribution < -0.4 is 5.32 Å². The van der Waals surface area contributed by atoms with Gasteiger partial charge in [0.1, 0.15) is 17.5 Å². The topological polar surface area (TPSA) is 53.9 Å². The fraction of sp³-hybridized carbons (Fsp3) is 0.250. The molecule has 0 amide bonds. The molecule has 1 aromatic carbocycles. The molecule has 5 nitrogen and oxygen atoms in total. The molecule has 6 heteroatoms. The van der Waals surface area contributed by atoms with Crippen LogP contribution in [0.25, 0.3) is 22.4 Å². The number of halogens is 1. The second kappa shape index (κ2) is 8.01. The highest BCUT2D eigenvalue weighted by Crippen LogP contribution is 2.25. The Kier molecular flexibility index (Phi) is 5.53. The molecule has 0 aliphatic heterocycles. The maximum atomic E-state index is 13.1. The highest BCUT2D eigenvalue weighted by atomic mass is 19.1. The van der Waals surface area contributed by atoms with Crippen molar-refractivity contribution in [3.05, 3.63) is 60.4 Å². The third-order valence-electron chi connectivity index (χ3n) is 3.91. The lowest BCUT2D eigenvalue weighted by Crippen LogP contribution is -2.21. The molecule has 2 heterocycles. The van der Waals surface area contributed by atoms with Crippen LogP contribution in [-0.4, -0.2) is 47.0 Å². The molecule has 1 N–H and O–H groups in total. The Morgan fingerprint density at radius 3 is 2.42 bits per heavy atom. The second-order valence-corrected chi connectivity index (χ2v) is 6.38. The normalized spacial score (nSPS) is 11.0. The van der Waals surface area contributed by atoms with E-state index in [1.54, 1.807) is 24.5 Å². The summed E-state index contributed by atoms with van der Waals surface area (Å²) in [5.41, 5.74) is 3.53. The van der Waals surface area contributed by atoms with Gasteiger partial charge in [0.05, 0.1) is 5.69 Å². The van der Waals surface area contributed by atoms with Gasteiger partial charge in [-0.05, 0) is 44.8 Å². The first-order chi connectivity index (χ1) is 12.5. The number of benzene rings is 1. The van der Waals surface area contributed by atoms with E-state index in [1.165, 1.54) is 12.1 Å². The molecule has 0 bridgehead atoms. The van der Waals surface area contributed by atoms with Gasteiger partial charge >= 0.3 is 0 Å². The molecule has 0 saturated carbocycles. The first kappa shape index (κ1) is 17.9. The number of likely N-dealkylation sites (N-methyl/N-ethyl adjacent to an activating group) is 1. The molecule has 0 atom stereocenters. The van der Waals surface area contributed by atoms with Gasteiger partial charge in [-0.25, -0.2) is 14.4 Å². The van der Waals surface area contributed by atoms with Gasteiger partial charge in [-0.2, -0.15) is 0 Å². The molecular weight excluding hydrogens is 329 g/mol. The predicted octanol–water partition coefficient (Wildman–Crippen LogP) is 3.63. The summed E-state index contributed by atoms with van der Waals surface area (Å²) in [5.74, 6) is 1.24. The molecule has 0 spiro atoms. The Morgan fingerprint density at radius 2 is 1.69 bits per heavy atom. The minimum atomic E-state index is -0.252. The summed E-state index contributed by atoms with van der Waals surface area (Å²) in [4.78, 5) is 15.4. The van der Waals surface area contributed by atoms with Crippen molar-refractivity contribution in [3.8, 4) is 22.4 Å². The molecule has 134 valence electrons. The smallest absolute Gasteiger partial charge is 0.130 e. The van der Waals surface area contributed by atoms with Gasteiger partial charge in [0, 0.05) is 42.7 Å². The molecule has 0 radical (unpaired) electrons. The number of rotatable bonds is 6. The first-order valence-electron chi connectivity index (χ1n) is 8.47. The molecule has 0 aliphatic carbocycles. The van der Waals surface area contributed by atoms with Crippen LogP contribution in [0, 0.1) is 12.7 Å². The molecular formula is C20H22FN5. The monoisotopic (exact) mass is 351 g/mol. The van der Waals surface area contributed by atoms with Crippen molar-refractivity contribution in [1.82, 2.24) is 19.9 Å². The Bertz CT molecular complexity index is 878. The Morgan fingerprint density at radius 1 is 0.962 bits per heavy atom. The van der Waals surface area contributed by atoms with Crippen LogP contribution in [0.3, 0.4) is 0 Å². The van der Waals surface area contributed by atoms with Crippen molar-refractivity contribution in [2.24, 2.45) is 0 Å². The second-order valence-electron chi connectivity index (χ2n) is 6.38. The van der Waals surface area contributed by atoms with Gasteiger partial charge in [-0.3, -0.25) is 4.98 Å². The zero-order valence-corrected chi connectivity index (χ0v) is 15.2. The van der Waals surface area contributed by atoms with Crippen molar-refractivity contribution in [3.63, 3.8) is 0 Å². The third-order valence-corrected chi connectivity index (χ3v) is 3.91. The molecule has 0 unspecified atom stereocenters. The van der Waals surface area contributed by atoms with Crippen LogP contribution in [0.5, 0.6) is 0 Å². The largest absolute Gasteiger partial charge is 0.369 e. The number of nitrogens with one attached hydrogen (secondary N) is 1. The van der Waals surface area contributed by atoms with Crippen molar-refractivity contribution >= 4 is 5.82 Å². The van der Waals surface area contributed by atoms with Crippen LogP contribution in [0.2, 0.25) is 0 Å². The van der Waals surface area contributed by atoms with Crippen molar-refractivity contribution in [1.29, 1.82) is 0 Å². The summed E-state index contributed by atoms with van der Waals surface area (Å²) in [7, 11) is 4.07. The predicted molar refractivity (Wildman–Crippen MR) is 102 cm³/mol. The molecule has 0 saturated heterocycles. The van der Waals surface area contributed by atoms with E-state index < -0.39 is 0 Å². The molecule has 0 aliphatic rings. The average molecular weight is 351 g/mol. The van der Waals surface area contributed by atoms with Crippen molar-refractivity contribution in [2.45, 2.75) is 6.92 Å². The van der Waals surface area contributed by atoms with Gasteiger partial charge in [-0.15, -0.1) is 0 Å². The average Bonchev–Trinajstić information content (AvgIpc) is 2.62. The molecule has 26 heavy (non-hydrogen) atoms. The molecule has 3 aromatic rings. The first-order valence-corrected chi connectivity index (χ1v) is 8.47. The fourth-order valence-corrected chi connectivity index (χ4v) is 2.59. The zero-order valence-electron chi connectivity index (χ0n) is 15.2. The summed E-state index contributed by atoms with van der Waals surface area (Å²) in [5, 5.41) is 3.32. The lowest BCUT2D eigenvalue weighted by atomic mass is 10.0. The van der Waals surface area contributed by atoms with Gasteiger partial charge in [0.25, 0.3) is 0 Å². The summed E-state index contributed by atoms with van der Waals surface area (Å²) in [6.45, 7) is 3.59. The minimum absolute atomic E-state index is 0.252. The Hall–Kier alpha value is -2.86. The number of anilines is 1. The number of hydrogen-bond donors (Lipinski definition) is 1. The van der Waals surface area contributed by atoms with Crippen molar-refractivity contribution in [2.75, 3.05) is 32.5 Å². The summed E-state index contributed by atoms with van der Waals surface area (Å²) >= 11 is 0. The van der Waals surface area contributed by atoms with Gasteiger partial charge < -0.3 is 10.2 Å². The highest BCUT2D eigenvalue weighted by Gasteiger charge is 2.07. The number of nitrogens with zero attached hydrogens (tertiary/aromatic N) is 4. The van der Waals surface area contributed by atoms with Crippen LogP contribution >= 0.6 is 0 Å². The zero-order chi connectivity index (χ0) is 18.5. The third kappa shape index (κ3) is 4.61. The number of aromatic nitrogens is 3. The summed E-state index contributed by atoms with van der Waals surface area (Å²) in [6, 6.07) is 10.3. The summed E-state index contributed by atoms with van der Waals surface area (Å²) < 4.78 is 13.1. The maximum absolute atomic E-state index is 13.1. The molecule has 3 rings (SSSR count). The van der Waals surface area contributed by atoms with Gasteiger partial charge in [0.15, 0.2) is 0 Å². The van der Waals surface area contributed by atoms with E-state index in [2.05, 4.69) is 25.2 Å². The highest BCUT2D eigenvalue weighted by molar-refractivity contribution is 5.71. The Labute approximate surface area is 153 Å². The Balaban J connectivity index is 1.87. The SMILES string of the molecule is Cc1nc(NCCN(C)C)cc(-c2cncc(-c3ccc(F)cc3)c2)n1. The van der Waals surface area contributed by atoms with Crippen LogP contribution in [0.15, 0.2) is 48.8 Å². The molecule has 0 fully saturated rings. The van der Waals surface area contributed by atoms with Crippen LogP contribution in [0.1, 0.15) is 5.82 Å². The van der Waals surface area contributed by atoms with E-state index in [9.17, 15) is 4.39 Å². The number of pyridine rings is 1. The van der Waals surface area contributed by atoms with Crippen molar-refractivity contribution < 1.29 is 4.39 Å². The van der Waals surface area contributed by atoms with Crippen LogP contribution in [-0.2, 0) is 0 Å². The molecule has 2 aromatic heterocycles. The van der Waals surface area contributed by atoms with Gasteiger partial charge in [-0.1, -0.05) is 12.1 Å². The van der Waals surface area contributed by atoms with E-state index >= 15 is 0 Å². The number of aryl methyl sites for hydroxylation is 1. The maximum Gasteiger partial charge on any atom is 0.130 e. The summed E-state index contributed by atoms with van der Waals surface area (Å²) in [6.07, 6.45) is 3.54. The van der Waals surface area contributed by atoms with E-state index in [0.29, 0.717) is 5.82 Å². The lowest BCUT2D eigenvalue weighted by Gasteiger charge is -2.12. The van der Waals surface area contributed by atoms with E-state index in [1.807, 2.05) is 33.2 Å². The fourth-order valence-electron chi connectivity index (χ4n) is 2.59. The lowest BCUT2D eigenvalue weighted by molar-refractivity contribution is 0.425.